The van der Waals surface area contributed by atoms with Crippen LogP contribution < -0.4 is 5.32 Å². The summed E-state index contributed by atoms with van der Waals surface area (Å²) in [5, 5.41) is 2.94. The zero-order valence-electron chi connectivity index (χ0n) is 40.5. The Labute approximate surface area is 368 Å². The summed E-state index contributed by atoms with van der Waals surface area (Å²) in [6.07, 6.45) is 49.7. The largest absolute Gasteiger partial charge is 0.463 e. The maximum absolute atomic E-state index is 13.4. The minimum atomic E-state index is -0.825. The lowest BCUT2D eigenvalue weighted by atomic mass is 10.0. The highest BCUT2D eigenvalue weighted by molar-refractivity contribution is 5.85. The Kier molecular flexibility index (Phi) is 44.7. The van der Waals surface area contributed by atoms with Crippen LogP contribution in [0.2, 0.25) is 0 Å². The van der Waals surface area contributed by atoms with Gasteiger partial charge in [-0.05, 0) is 52.4 Å². The molecule has 1 amide bonds. The Balaban J connectivity index is 4.47. The molecule has 1 N–H and O–H groups in total. The first kappa shape index (κ1) is 57.4. The Morgan fingerprint density at radius 2 is 0.644 bits per heavy atom. The Bertz CT molecular complexity index is 908. The summed E-state index contributed by atoms with van der Waals surface area (Å²) in [5.41, 5.74) is 0. The van der Waals surface area contributed by atoms with E-state index in [2.05, 4.69) is 26.1 Å². The Morgan fingerprint density at radius 1 is 0.356 bits per heavy atom. The quantitative estimate of drug-likeness (QED) is 0.0488. The van der Waals surface area contributed by atoms with Crippen LogP contribution in [0.15, 0.2) is 0 Å². The number of ether oxygens (including phenoxy) is 2. The first-order chi connectivity index (χ1) is 28.8. The number of amides is 1. The highest BCUT2D eigenvalue weighted by Crippen LogP contribution is 2.18. The number of hydrogen-bond acceptors (Lipinski definition) is 5. The lowest BCUT2D eigenvalue weighted by Crippen LogP contribution is -2.43. The van der Waals surface area contributed by atoms with Gasteiger partial charge < -0.3 is 14.8 Å². The number of hydrogen-bond donors (Lipinski definition) is 1. The summed E-state index contributed by atoms with van der Waals surface area (Å²) in [7, 11) is 0. The van der Waals surface area contributed by atoms with Crippen molar-refractivity contribution in [1.29, 1.82) is 0 Å². The smallest absolute Gasteiger partial charge is 0.328 e. The van der Waals surface area contributed by atoms with Crippen molar-refractivity contribution in [2.24, 2.45) is 0 Å². The third-order valence-electron chi connectivity index (χ3n) is 12.3. The molecule has 0 rings (SSSR count). The van der Waals surface area contributed by atoms with E-state index in [1.54, 1.807) is 0 Å². The third kappa shape index (κ3) is 42.9. The van der Waals surface area contributed by atoms with Gasteiger partial charge in [0.1, 0.15) is 6.04 Å². The van der Waals surface area contributed by atoms with E-state index in [0.29, 0.717) is 6.42 Å². The molecule has 0 fully saturated rings. The van der Waals surface area contributed by atoms with E-state index in [0.717, 1.165) is 51.4 Å². The number of carbonyl (C=O) groups is 3. The second-order valence-corrected chi connectivity index (χ2v) is 18.6. The van der Waals surface area contributed by atoms with Crippen LogP contribution in [0.4, 0.5) is 0 Å². The molecule has 0 aliphatic heterocycles. The normalized spacial score (nSPS) is 13.0. The molecule has 350 valence electrons. The van der Waals surface area contributed by atoms with Crippen molar-refractivity contribution in [1.82, 2.24) is 5.32 Å². The second-order valence-electron chi connectivity index (χ2n) is 18.6. The highest BCUT2D eigenvalue weighted by atomic mass is 16.5. The van der Waals surface area contributed by atoms with E-state index in [1.807, 2.05) is 13.8 Å². The average molecular weight is 834 g/mol. The van der Waals surface area contributed by atoms with Crippen molar-refractivity contribution < 1.29 is 23.9 Å². The summed E-state index contributed by atoms with van der Waals surface area (Å²) in [5.74, 6) is -0.857. The van der Waals surface area contributed by atoms with Crippen LogP contribution in [-0.2, 0) is 23.9 Å². The maximum Gasteiger partial charge on any atom is 0.328 e. The minimum Gasteiger partial charge on any atom is -0.463 e. The molecule has 6 heteroatoms. The summed E-state index contributed by atoms with van der Waals surface area (Å²) in [4.78, 5) is 39.2. The predicted octanol–water partition coefficient (Wildman–Crippen LogP) is 16.8. The first-order valence-corrected chi connectivity index (χ1v) is 26.5. The topological polar surface area (TPSA) is 81.7 Å². The first-order valence-electron chi connectivity index (χ1n) is 26.5. The summed E-state index contributed by atoms with van der Waals surface area (Å²) >= 11 is 0. The van der Waals surface area contributed by atoms with E-state index < -0.39 is 12.0 Å². The standard InChI is InChI=1S/C53H103NO5/c1-6-9-12-15-18-21-23-25-27-29-32-34-37-40-43-48(4)58-52(56)47-46-50(54-51(55)45-42-39-36-31-20-17-14-11-8-3)53(57)59-49(5)44-41-38-35-33-30-28-26-24-22-19-16-13-10-7-2/h48-50H,6-47H2,1-5H3,(H,54,55)/t48?,49?,50-/m1/s1. The van der Waals surface area contributed by atoms with E-state index in [1.165, 1.54) is 199 Å². The molecule has 0 aromatic rings. The lowest BCUT2D eigenvalue weighted by Gasteiger charge is -2.21. The molecular weight excluding hydrogens is 731 g/mol. The Morgan fingerprint density at radius 3 is 0.983 bits per heavy atom. The van der Waals surface area contributed by atoms with Crippen molar-refractivity contribution in [3.05, 3.63) is 0 Å². The number of nitrogens with one attached hydrogen (secondary N) is 1. The van der Waals surface area contributed by atoms with Crippen molar-refractivity contribution >= 4 is 17.8 Å². The molecule has 59 heavy (non-hydrogen) atoms. The molecule has 0 aromatic carbocycles. The zero-order chi connectivity index (χ0) is 43.3. The lowest BCUT2D eigenvalue weighted by molar-refractivity contribution is -0.154. The fourth-order valence-electron chi connectivity index (χ4n) is 8.31. The highest BCUT2D eigenvalue weighted by Gasteiger charge is 2.25. The number of carbonyl (C=O) groups excluding carboxylic acids is 3. The van der Waals surface area contributed by atoms with Crippen LogP contribution >= 0.6 is 0 Å². The van der Waals surface area contributed by atoms with Gasteiger partial charge in [-0.25, -0.2) is 4.79 Å². The molecule has 2 unspecified atom stereocenters. The molecule has 0 aliphatic carbocycles. The van der Waals surface area contributed by atoms with Crippen molar-refractivity contribution in [3.8, 4) is 0 Å². The van der Waals surface area contributed by atoms with Crippen molar-refractivity contribution in [2.45, 2.75) is 323 Å². The molecule has 0 aromatic heterocycles. The average Bonchev–Trinajstić information content (AvgIpc) is 3.21. The summed E-state index contributed by atoms with van der Waals surface area (Å²) in [6, 6.07) is -0.825. The van der Waals surface area contributed by atoms with Gasteiger partial charge in [-0.15, -0.1) is 0 Å². The molecule has 0 saturated carbocycles. The number of rotatable bonds is 47. The van der Waals surface area contributed by atoms with Crippen molar-refractivity contribution in [3.63, 3.8) is 0 Å². The maximum atomic E-state index is 13.4. The van der Waals surface area contributed by atoms with Gasteiger partial charge in [0.05, 0.1) is 12.2 Å². The van der Waals surface area contributed by atoms with Gasteiger partial charge in [-0.3, -0.25) is 9.59 Å². The van der Waals surface area contributed by atoms with Gasteiger partial charge in [0, 0.05) is 12.8 Å². The van der Waals surface area contributed by atoms with Crippen LogP contribution in [0.3, 0.4) is 0 Å². The molecular formula is C53H103NO5. The predicted molar refractivity (Wildman–Crippen MR) is 254 cm³/mol. The zero-order valence-corrected chi connectivity index (χ0v) is 40.5. The minimum absolute atomic E-state index is 0.0918. The monoisotopic (exact) mass is 834 g/mol. The second kappa shape index (κ2) is 45.9. The van der Waals surface area contributed by atoms with Crippen LogP contribution in [0.25, 0.3) is 0 Å². The molecule has 0 saturated heterocycles. The molecule has 3 atom stereocenters. The molecule has 0 bridgehead atoms. The summed E-state index contributed by atoms with van der Waals surface area (Å²) < 4.78 is 11.6. The van der Waals surface area contributed by atoms with Gasteiger partial charge >= 0.3 is 11.9 Å². The van der Waals surface area contributed by atoms with Gasteiger partial charge in [0.25, 0.3) is 0 Å². The fraction of sp³-hybridized carbons (Fsp3) is 0.943. The number of esters is 2. The summed E-state index contributed by atoms with van der Waals surface area (Å²) in [6.45, 7) is 10.7. The molecule has 0 heterocycles. The molecule has 0 aliphatic rings. The molecule has 6 nitrogen and oxygen atoms in total. The Hall–Kier alpha value is -1.59. The van der Waals surface area contributed by atoms with Gasteiger partial charge in [0.15, 0.2) is 0 Å². The van der Waals surface area contributed by atoms with Gasteiger partial charge in [-0.1, -0.05) is 239 Å². The van der Waals surface area contributed by atoms with Gasteiger partial charge in [0.2, 0.25) is 5.91 Å². The SMILES string of the molecule is CCCCCCCCCCCCCCCCC(C)OC(=O)CC[C@@H](NC(=O)CCCCCCCCCCC)C(=O)OC(C)CCCCCCCCCCCCCCCC. The molecule has 0 radical (unpaired) electrons. The fourth-order valence-corrected chi connectivity index (χ4v) is 8.31. The van der Waals surface area contributed by atoms with E-state index in [-0.39, 0.29) is 36.9 Å². The third-order valence-corrected chi connectivity index (χ3v) is 12.3. The van der Waals surface area contributed by atoms with Crippen molar-refractivity contribution in [2.75, 3.05) is 0 Å². The van der Waals surface area contributed by atoms with Crippen LogP contribution in [-0.4, -0.2) is 36.1 Å². The van der Waals surface area contributed by atoms with E-state index in [9.17, 15) is 14.4 Å². The van der Waals surface area contributed by atoms with Crippen LogP contribution in [0.1, 0.15) is 304 Å². The van der Waals surface area contributed by atoms with Crippen LogP contribution in [0.5, 0.6) is 0 Å². The molecule has 0 spiro atoms. The van der Waals surface area contributed by atoms with E-state index in [4.69, 9.17) is 9.47 Å². The van der Waals surface area contributed by atoms with E-state index >= 15 is 0 Å². The van der Waals surface area contributed by atoms with Crippen LogP contribution in [0, 0.1) is 0 Å². The number of unbranched alkanes of at least 4 members (excludes halogenated alkanes) is 34. The van der Waals surface area contributed by atoms with Gasteiger partial charge in [-0.2, -0.15) is 0 Å².